The summed E-state index contributed by atoms with van der Waals surface area (Å²) in [5, 5.41) is 0. The molecule has 2 heterocycles. The molecule has 0 N–H and O–H groups in total. The highest BCUT2D eigenvalue weighted by molar-refractivity contribution is 5.52. The zero-order chi connectivity index (χ0) is 16.6. The van der Waals surface area contributed by atoms with Crippen LogP contribution in [-0.2, 0) is 6.42 Å². The van der Waals surface area contributed by atoms with Gasteiger partial charge in [0.25, 0.3) is 0 Å². The number of hydrogen-bond acceptors (Lipinski definition) is 3. The van der Waals surface area contributed by atoms with Crippen LogP contribution in [0.15, 0.2) is 48.5 Å². The molecule has 0 bridgehead atoms. The van der Waals surface area contributed by atoms with Crippen LogP contribution in [-0.4, -0.2) is 44.7 Å². The molecular formula is C20H23FN2O. The summed E-state index contributed by atoms with van der Waals surface area (Å²) in [5.74, 6) is 0.767. The van der Waals surface area contributed by atoms with Gasteiger partial charge in [0, 0.05) is 43.8 Å². The monoisotopic (exact) mass is 326 g/mol. The van der Waals surface area contributed by atoms with Crippen molar-refractivity contribution in [1.82, 2.24) is 4.90 Å². The van der Waals surface area contributed by atoms with E-state index in [1.165, 1.54) is 11.8 Å². The number of likely N-dealkylation sites (tertiary alicyclic amines) is 1. The van der Waals surface area contributed by atoms with Crippen molar-refractivity contribution < 1.29 is 9.13 Å². The molecule has 4 rings (SSSR count). The van der Waals surface area contributed by atoms with Gasteiger partial charge >= 0.3 is 0 Å². The van der Waals surface area contributed by atoms with Gasteiger partial charge in [-0.1, -0.05) is 12.1 Å². The number of rotatable bonds is 5. The van der Waals surface area contributed by atoms with Crippen LogP contribution in [0, 0.1) is 11.2 Å². The summed E-state index contributed by atoms with van der Waals surface area (Å²) in [6, 6.07) is 15.2. The lowest BCUT2D eigenvalue weighted by atomic mass is 9.72. The topological polar surface area (TPSA) is 15.7 Å². The standard InChI is InChI=1S/C20H23FN2O/c1-24-19-7-5-18(6-8-19)23-14-20(15-23)12-22(13-20)10-9-16-3-2-4-17(21)11-16/h2-8,11H,9-10,12-15H2,1H3. The van der Waals surface area contributed by atoms with E-state index in [0.29, 0.717) is 5.41 Å². The highest BCUT2D eigenvalue weighted by atomic mass is 19.1. The molecule has 0 unspecified atom stereocenters. The van der Waals surface area contributed by atoms with Crippen molar-refractivity contribution in [2.75, 3.05) is 44.7 Å². The predicted molar refractivity (Wildman–Crippen MR) is 94.2 cm³/mol. The Kier molecular flexibility index (Phi) is 3.93. The second-order valence-electron chi connectivity index (χ2n) is 7.14. The zero-order valence-corrected chi connectivity index (χ0v) is 14.0. The third-order valence-electron chi connectivity index (χ3n) is 5.21. The Morgan fingerprint density at radius 3 is 2.46 bits per heavy atom. The van der Waals surface area contributed by atoms with Gasteiger partial charge in [0.15, 0.2) is 0 Å². The molecule has 2 aromatic carbocycles. The van der Waals surface area contributed by atoms with Crippen molar-refractivity contribution in [3.63, 3.8) is 0 Å². The van der Waals surface area contributed by atoms with Gasteiger partial charge in [-0.25, -0.2) is 4.39 Å². The van der Waals surface area contributed by atoms with Gasteiger partial charge in [0.2, 0.25) is 0 Å². The van der Waals surface area contributed by atoms with Gasteiger partial charge in [-0.05, 0) is 48.4 Å². The SMILES string of the molecule is COc1ccc(N2CC3(CN(CCc4cccc(F)c4)C3)C2)cc1. The molecule has 2 aromatic rings. The first-order valence-electron chi connectivity index (χ1n) is 8.52. The van der Waals surface area contributed by atoms with E-state index in [2.05, 4.69) is 21.9 Å². The average Bonchev–Trinajstić information content (AvgIpc) is 2.52. The van der Waals surface area contributed by atoms with Gasteiger partial charge < -0.3 is 14.5 Å². The Morgan fingerprint density at radius 2 is 1.79 bits per heavy atom. The molecule has 2 saturated heterocycles. The minimum absolute atomic E-state index is 0.137. The van der Waals surface area contributed by atoms with Crippen LogP contribution in [0.3, 0.4) is 0 Å². The summed E-state index contributed by atoms with van der Waals surface area (Å²) >= 11 is 0. The van der Waals surface area contributed by atoms with E-state index in [1.807, 2.05) is 18.2 Å². The first-order valence-corrected chi connectivity index (χ1v) is 8.52. The molecule has 2 aliphatic rings. The van der Waals surface area contributed by atoms with Gasteiger partial charge in [-0.15, -0.1) is 0 Å². The third-order valence-corrected chi connectivity index (χ3v) is 5.21. The highest BCUT2D eigenvalue weighted by Gasteiger charge is 2.51. The second-order valence-corrected chi connectivity index (χ2v) is 7.14. The molecule has 2 fully saturated rings. The Bertz CT molecular complexity index is 702. The summed E-state index contributed by atoms with van der Waals surface area (Å²) in [6.07, 6.45) is 0.927. The number of ether oxygens (including phenoxy) is 1. The van der Waals surface area contributed by atoms with E-state index in [4.69, 9.17) is 4.74 Å². The third kappa shape index (κ3) is 2.98. The van der Waals surface area contributed by atoms with Crippen molar-refractivity contribution in [2.45, 2.75) is 6.42 Å². The minimum Gasteiger partial charge on any atom is -0.497 e. The molecule has 24 heavy (non-hydrogen) atoms. The first-order chi connectivity index (χ1) is 11.7. The Hall–Kier alpha value is -2.07. The number of nitrogens with zero attached hydrogens (tertiary/aromatic N) is 2. The van der Waals surface area contributed by atoms with Crippen LogP contribution in [0.5, 0.6) is 5.75 Å². The van der Waals surface area contributed by atoms with E-state index in [9.17, 15) is 4.39 Å². The Balaban J connectivity index is 1.23. The summed E-state index contributed by atoms with van der Waals surface area (Å²) in [7, 11) is 1.69. The summed E-state index contributed by atoms with van der Waals surface area (Å²) < 4.78 is 18.4. The first kappa shape index (κ1) is 15.5. The molecule has 0 aromatic heterocycles. The molecule has 1 spiro atoms. The average molecular weight is 326 g/mol. The quantitative estimate of drug-likeness (QED) is 0.839. The minimum atomic E-state index is -0.137. The van der Waals surface area contributed by atoms with Crippen LogP contribution in [0.25, 0.3) is 0 Å². The van der Waals surface area contributed by atoms with E-state index in [-0.39, 0.29) is 5.82 Å². The van der Waals surface area contributed by atoms with Crippen molar-refractivity contribution in [1.29, 1.82) is 0 Å². The van der Waals surface area contributed by atoms with Crippen molar-refractivity contribution >= 4 is 5.69 Å². The van der Waals surface area contributed by atoms with Crippen LogP contribution in [0.2, 0.25) is 0 Å². The molecule has 4 heteroatoms. The van der Waals surface area contributed by atoms with E-state index in [1.54, 1.807) is 19.2 Å². The van der Waals surface area contributed by atoms with Crippen molar-refractivity contribution in [2.24, 2.45) is 5.41 Å². The van der Waals surface area contributed by atoms with Crippen molar-refractivity contribution in [3.8, 4) is 5.75 Å². The smallest absolute Gasteiger partial charge is 0.123 e. The lowest BCUT2D eigenvalue weighted by Gasteiger charge is -2.61. The molecule has 0 aliphatic carbocycles. The van der Waals surface area contributed by atoms with Crippen LogP contribution < -0.4 is 9.64 Å². The molecule has 0 atom stereocenters. The van der Waals surface area contributed by atoms with Crippen LogP contribution >= 0.6 is 0 Å². The summed E-state index contributed by atoms with van der Waals surface area (Å²) in [5.41, 5.74) is 2.84. The number of methoxy groups -OCH3 is 1. The predicted octanol–water partition coefficient (Wildman–Crippen LogP) is 3.20. The van der Waals surface area contributed by atoms with E-state index < -0.39 is 0 Å². The van der Waals surface area contributed by atoms with Gasteiger partial charge in [0.05, 0.1) is 7.11 Å². The van der Waals surface area contributed by atoms with E-state index in [0.717, 1.165) is 50.5 Å². The highest BCUT2D eigenvalue weighted by Crippen LogP contribution is 2.42. The molecule has 2 aliphatic heterocycles. The molecule has 126 valence electrons. The fourth-order valence-corrected chi connectivity index (χ4v) is 3.98. The maximum atomic E-state index is 13.2. The van der Waals surface area contributed by atoms with Gasteiger partial charge in [-0.3, -0.25) is 0 Å². The maximum Gasteiger partial charge on any atom is 0.123 e. The fraction of sp³-hybridized carbons (Fsp3) is 0.400. The Morgan fingerprint density at radius 1 is 1.04 bits per heavy atom. The van der Waals surface area contributed by atoms with E-state index >= 15 is 0 Å². The van der Waals surface area contributed by atoms with Crippen LogP contribution in [0.4, 0.5) is 10.1 Å². The molecular weight excluding hydrogens is 303 g/mol. The number of benzene rings is 2. The molecule has 0 radical (unpaired) electrons. The normalized spacial score (nSPS) is 19.0. The van der Waals surface area contributed by atoms with Gasteiger partial charge in [0.1, 0.15) is 11.6 Å². The summed E-state index contributed by atoms with van der Waals surface area (Å²) in [6.45, 7) is 5.61. The molecule has 0 amide bonds. The van der Waals surface area contributed by atoms with Crippen LogP contribution in [0.1, 0.15) is 5.56 Å². The van der Waals surface area contributed by atoms with Crippen molar-refractivity contribution in [3.05, 3.63) is 59.9 Å². The molecule has 3 nitrogen and oxygen atoms in total. The maximum absolute atomic E-state index is 13.2. The number of anilines is 1. The largest absolute Gasteiger partial charge is 0.497 e. The lowest BCUT2D eigenvalue weighted by molar-refractivity contribution is -0.0206. The number of halogens is 1. The lowest BCUT2D eigenvalue weighted by Crippen LogP contribution is -2.72. The fourth-order valence-electron chi connectivity index (χ4n) is 3.98. The Labute approximate surface area is 142 Å². The molecule has 0 saturated carbocycles. The number of hydrogen-bond donors (Lipinski definition) is 0. The summed E-state index contributed by atoms with van der Waals surface area (Å²) in [4.78, 5) is 4.92. The zero-order valence-electron chi connectivity index (χ0n) is 14.0. The second kappa shape index (κ2) is 6.10. The van der Waals surface area contributed by atoms with Gasteiger partial charge in [-0.2, -0.15) is 0 Å².